The summed E-state index contributed by atoms with van der Waals surface area (Å²) >= 11 is 3.40. The number of benzene rings is 2. The third kappa shape index (κ3) is 5.18. The molecule has 0 bridgehead atoms. The Morgan fingerprint density at radius 3 is 2.22 bits per heavy atom. The monoisotopic (exact) mass is 427 g/mol. The SMILES string of the molecule is Cn1cc(Br)c(CNC(=O)c2ccc(NC(=O)Nc3ccccc3)cc2)n1. The first-order valence-corrected chi connectivity index (χ1v) is 9.00. The first-order valence-electron chi connectivity index (χ1n) is 8.20. The largest absolute Gasteiger partial charge is 0.346 e. The summed E-state index contributed by atoms with van der Waals surface area (Å²) in [6, 6.07) is 15.5. The summed E-state index contributed by atoms with van der Waals surface area (Å²) in [5.41, 5.74) is 2.54. The van der Waals surface area contributed by atoms with E-state index in [0.29, 0.717) is 23.5 Å². The van der Waals surface area contributed by atoms with Crippen LogP contribution in [0.1, 0.15) is 16.1 Å². The number of carbonyl (C=O) groups is 2. The van der Waals surface area contributed by atoms with Gasteiger partial charge in [0.05, 0.1) is 16.7 Å². The van der Waals surface area contributed by atoms with E-state index in [1.165, 1.54) is 0 Å². The lowest BCUT2D eigenvalue weighted by Crippen LogP contribution is -2.23. The molecular weight excluding hydrogens is 410 g/mol. The lowest BCUT2D eigenvalue weighted by atomic mass is 10.2. The van der Waals surface area contributed by atoms with Crippen LogP contribution >= 0.6 is 15.9 Å². The molecule has 3 aromatic rings. The van der Waals surface area contributed by atoms with Crippen molar-refractivity contribution in [3.63, 3.8) is 0 Å². The fraction of sp³-hybridized carbons (Fsp3) is 0.105. The van der Waals surface area contributed by atoms with E-state index in [2.05, 4.69) is 37.0 Å². The van der Waals surface area contributed by atoms with Crippen LogP contribution in [0.25, 0.3) is 0 Å². The highest BCUT2D eigenvalue weighted by atomic mass is 79.9. The average molecular weight is 428 g/mol. The molecule has 0 spiro atoms. The van der Waals surface area contributed by atoms with Crippen molar-refractivity contribution in [1.82, 2.24) is 15.1 Å². The molecule has 0 saturated carbocycles. The van der Waals surface area contributed by atoms with Crippen LogP contribution in [0.3, 0.4) is 0 Å². The lowest BCUT2D eigenvalue weighted by Gasteiger charge is -2.08. The molecule has 0 fully saturated rings. The first-order chi connectivity index (χ1) is 13.0. The van der Waals surface area contributed by atoms with Gasteiger partial charge >= 0.3 is 6.03 Å². The number of hydrogen-bond acceptors (Lipinski definition) is 3. The van der Waals surface area contributed by atoms with Crippen molar-refractivity contribution >= 4 is 39.2 Å². The average Bonchev–Trinajstić information content (AvgIpc) is 2.98. The molecule has 138 valence electrons. The number of carbonyl (C=O) groups excluding carboxylic acids is 2. The molecule has 0 aliphatic carbocycles. The van der Waals surface area contributed by atoms with E-state index in [0.717, 1.165) is 10.2 Å². The number of nitrogens with one attached hydrogen (secondary N) is 3. The molecule has 1 heterocycles. The Morgan fingerprint density at radius 1 is 1.00 bits per heavy atom. The number of aromatic nitrogens is 2. The Kier molecular flexibility index (Phi) is 5.87. The first kappa shape index (κ1) is 18.7. The predicted octanol–water partition coefficient (Wildman–Crippen LogP) is 3.76. The summed E-state index contributed by atoms with van der Waals surface area (Å²) in [6.45, 7) is 0.319. The Balaban J connectivity index is 1.54. The van der Waals surface area contributed by atoms with Crippen molar-refractivity contribution in [1.29, 1.82) is 0 Å². The van der Waals surface area contributed by atoms with E-state index >= 15 is 0 Å². The van der Waals surface area contributed by atoms with Gasteiger partial charge in [-0.2, -0.15) is 5.10 Å². The van der Waals surface area contributed by atoms with Gasteiger partial charge in [0.25, 0.3) is 5.91 Å². The van der Waals surface area contributed by atoms with Crippen molar-refractivity contribution in [3.8, 4) is 0 Å². The maximum Gasteiger partial charge on any atom is 0.323 e. The van der Waals surface area contributed by atoms with Crippen LogP contribution in [0, 0.1) is 0 Å². The Hall–Kier alpha value is -3.13. The standard InChI is InChI=1S/C19H18BrN5O2/c1-25-12-16(20)17(24-25)11-21-18(26)13-7-9-15(10-8-13)23-19(27)22-14-5-3-2-4-6-14/h2-10,12H,11H2,1H3,(H,21,26)(H2,22,23,27). The van der Waals surface area contributed by atoms with Crippen LogP contribution < -0.4 is 16.0 Å². The number of aryl methyl sites for hydroxylation is 1. The molecule has 3 rings (SSSR count). The van der Waals surface area contributed by atoms with Crippen molar-refractivity contribution in [2.45, 2.75) is 6.54 Å². The quantitative estimate of drug-likeness (QED) is 0.579. The maximum absolute atomic E-state index is 12.3. The zero-order valence-corrected chi connectivity index (χ0v) is 16.2. The Bertz CT molecular complexity index is 938. The number of anilines is 2. The van der Waals surface area contributed by atoms with Crippen LogP contribution in [-0.4, -0.2) is 21.7 Å². The normalized spacial score (nSPS) is 10.3. The van der Waals surface area contributed by atoms with Crippen molar-refractivity contribution in [2.24, 2.45) is 7.05 Å². The third-order valence-electron chi connectivity index (χ3n) is 3.71. The van der Waals surface area contributed by atoms with Gasteiger partial charge in [-0.3, -0.25) is 9.48 Å². The molecule has 27 heavy (non-hydrogen) atoms. The number of urea groups is 1. The molecule has 8 heteroatoms. The van der Waals surface area contributed by atoms with Gasteiger partial charge in [-0.25, -0.2) is 4.79 Å². The second-order valence-corrected chi connectivity index (χ2v) is 6.66. The third-order valence-corrected chi connectivity index (χ3v) is 4.37. The number of nitrogens with zero attached hydrogens (tertiary/aromatic N) is 2. The molecular formula is C19H18BrN5O2. The van der Waals surface area contributed by atoms with Crippen molar-refractivity contribution < 1.29 is 9.59 Å². The number of hydrogen-bond donors (Lipinski definition) is 3. The molecule has 2 aromatic carbocycles. The summed E-state index contributed by atoms with van der Waals surface area (Å²) in [6.07, 6.45) is 1.82. The number of para-hydroxylation sites is 1. The van der Waals surface area contributed by atoms with Crippen molar-refractivity contribution in [3.05, 3.63) is 76.5 Å². The van der Waals surface area contributed by atoms with Gasteiger partial charge < -0.3 is 16.0 Å². The van der Waals surface area contributed by atoms with Gasteiger partial charge in [0, 0.05) is 30.2 Å². The molecule has 1 aromatic heterocycles. The van der Waals surface area contributed by atoms with E-state index in [9.17, 15) is 9.59 Å². The summed E-state index contributed by atoms with van der Waals surface area (Å²) in [7, 11) is 1.82. The molecule has 0 radical (unpaired) electrons. The van der Waals surface area contributed by atoms with E-state index < -0.39 is 0 Å². The van der Waals surface area contributed by atoms with Crippen LogP contribution in [0.4, 0.5) is 16.2 Å². The zero-order valence-electron chi connectivity index (χ0n) is 14.6. The van der Waals surface area contributed by atoms with Gasteiger partial charge in [-0.1, -0.05) is 18.2 Å². The summed E-state index contributed by atoms with van der Waals surface area (Å²) < 4.78 is 2.52. The van der Waals surface area contributed by atoms with Crippen molar-refractivity contribution in [2.75, 3.05) is 10.6 Å². The topological polar surface area (TPSA) is 88.0 Å². The predicted molar refractivity (Wildman–Crippen MR) is 108 cm³/mol. The minimum Gasteiger partial charge on any atom is -0.346 e. The van der Waals surface area contributed by atoms with Gasteiger partial charge in [0.1, 0.15) is 0 Å². The highest BCUT2D eigenvalue weighted by molar-refractivity contribution is 9.10. The molecule has 0 atom stereocenters. The number of amides is 3. The molecule has 0 aliphatic heterocycles. The lowest BCUT2D eigenvalue weighted by molar-refractivity contribution is 0.0950. The second-order valence-electron chi connectivity index (χ2n) is 5.80. The Morgan fingerprint density at radius 2 is 1.63 bits per heavy atom. The Labute approximate surface area is 164 Å². The van der Waals surface area contributed by atoms with Crippen LogP contribution in [-0.2, 0) is 13.6 Å². The van der Waals surface area contributed by atoms with Crippen LogP contribution in [0.2, 0.25) is 0 Å². The minimum absolute atomic E-state index is 0.215. The molecule has 0 unspecified atom stereocenters. The molecule has 3 N–H and O–H groups in total. The molecule has 3 amide bonds. The highest BCUT2D eigenvalue weighted by Crippen LogP contribution is 2.15. The van der Waals surface area contributed by atoms with Gasteiger partial charge in [0.15, 0.2) is 0 Å². The molecule has 0 aliphatic rings. The number of rotatable bonds is 5. The summed E-state index contributed by atoms with van der Waals surface area (Å²) in [5.74, 6) is -0.215. The number of halogens is 1. The molecule has 7 nitrogen and oxygen atoms in total. The smallest absolute Gasteiger partial charge is 0.323 e. The minimum atomic E-state index is -0.349. The highest BCUT2D eigenvalue weighted by Gasteiger charge is 2.10. The zero-order chi connectivity index (χ0) is 19.2. The van der Waals surface area contributed by atoms with Gasteiger partial charge in [-0.15, -0.1) is 0 Å². The van der Waals surface area contributed by atoms with E-state index in [1.807, 2.05) is 31.4 Å². The van der Waals surface area contributed by atoms with Gasteiger partial charge in [-0.05, 0) is 52.3 Å². The summed E-state index contributed by atoms with van der Waals surface area (Å²) in [4.78, 5) is 24.2. The van der Waals surface area contributed by atoms with Gasteiger partial charge in [0.2, 0.25) is 0 Å². The fourth-order valence-corrected chi connectivity index (χ4v) is 2.93. The van der Waals surface area contributed by atoms with Crippen LogP contribution in [0.15, 0.2) is 65.3 Å². The van der Waals surface area contributed by atoms with Crippen LogP contribution in [0.5, 0.6) is 0 Å². The van der Waals surface area contributed by atoms with E-state index in [1.54, 1.807) is 41.1 Å². The maximum atomic E-state index is 12.3. The summed E-state index contributed by atoms with van der Waals surface area (Å²) in [5, 5.41) is 12.5. The second kappa shape index (κ2) is 8.50. The molecule has 0 saturated heterocycles. The van der Waals surface area contributed by atoms with E-state index in [-0.39, 0.29) is 11.9 Å². The van der Waals surface area contributed by atoms with E-state index in [4.69, 9.17) is 0 Å². The fourth-order valence-electron chi connectivity index (χ4n) is 2.41.